The van der Waals surface area contributed by atoms with E-state index in [1.165, 1.54) is 4.88 Å². The smallest absolute Gasteiger partial charge is 0.410 e. The van der Waals surface area contributed by atoms with Crippen molar-refractivity contribution >= 4 is 23.2 Å². The lowest BCUT2D eigenvalue weighted by molar-refractivity contribution is 0.0183. The van der Waals surface area contributed by atoms with Gasteiger partial charge in [-0.1, -0.05) is 0 Å². The normalized spacial score (nSPS) is 16.6. The first-order valence-corrected chi connectivity index (χ1v) is 8.64. The Morgan fingerprint density at radius 1 is 1.27 bits per heavy atom. The zero-order valence-corrected chi connectivity index (χ0v) is 14.7. The molecule has 1 saturated heterocycles. The van der Waals surface area contributed by atoms with Crippen LogP contribution in [0.4, 0.5) is 4.79 Å². The average molecular weight is 323 g/mol. The van der Waals surface area contributed by atoms with Gasteiger partial charge in [0.15, 0.2) is 5.78 Å². The molecule has 0 N–H and O–H groups in total. The van der Waals surface area contributed by atoms with Crippen LogP contribution in [0.1, 0.15) is 54.6 Å². The molecule has 5 heteroatoms. The van der Waals surface area contributed by atoms with Crippen LogP contribution in [0, 0.1) is 12.8 Å². The third-order valence-corrected chi connectivity index (χ3v) is 4.80. The molecule has 1 aromatic rings. The van der Waals surface area contributed by atoms with Gasteiger partial charge in [-0.15, -0.1) is 11.3 Å². The Labute approximate surface area is 136 Å². The van der Waals surface area contributed by atoms with Crippen molar-refractivity contribution in [2.75, 3.05) is 13.1 Å². The highest BCUT2D eigenvalue weighted by Gasteiger charge is 2.28. The van der Waals surface area contributed by atoms with Gasteiger partial charge in [-0.25, -0.2) is 4.79 Å². The Balaban J connectivity index is 1.80. The van der Waals surface area contributed by atoms with Gasteiger partial charge in [-0.2, -0.15) is 0 Å². The van der Waals surface area contributed by atoms with Crippen LogP contribution in [0.3, 0.4) is 0 Å². The zero-order chi connectivity index (χ0) is 16.3. The van der Waals surface area contributed by atoms with E-state index in [-0.39, 0.29) is 11.9 Å². The Kier molecular flexibility index (Phi) is 5.27. The lowest BCUT2D eigenvalue weighted by Gasteiger charge is -2.33. The van der Waals surface area contributed by atoms with E-state index in [2.05, 4.69) is 0 Å². The molecule has 0 unspecified atom stereocenters. The molecular formula is C17H25NO3S. The fraction of sp³-hybridized carbons (Fsp3) is 0.647. The number of amides is 1. The van der Waals surface area contributed by atoms with Crippen molar-refractivity contribution in [1.29, 1.82) is 0 Å². The third kappa shape index (κ3) is 4.83. The predicted molar refractivity (Wildman–Crippen MR) is 88.5 cm³/mol. The van der Waals surface area contributed by atoms with Crippen molar-refractivity contribution in [2.45, 2.75) is 52.6 Å². The Morgan fingerprint density at radius 3 is 2.41 bits per heavy atom. The number of Topliss-reactive ketones (excluding diaryl/α,β-unsaturated/α-hetero) is 1. The van der Waals surface area contributed by atoms with Gasteiger partial charge in [0.05, 0.1) is 4.88 Å². The molecule has 22 heavy (non-hydrogen) atoms. The number of ketones is 1. The quantitative estimate of drug-likeness (QED) is 0.780. The molecule has 1 aliphatic rings. The molecule has 1 aliphatic heterocycles. The number of hydrogen-bond donors (Lipinski definition) is 0. The van der Waals surface area contributed by atoms with Crippen molar-refractivity contribution in [2.24, 2.45) is 5.92 Å². The molecule has 0 bridgehead atoms. The molecule has 2 heterocycles. The van der Waals surface area contributed by atoms with Gasteiger partial charge in [-0.05, 0) is 58.6 Å². The summed E-state index contributed by atoms with van der Waals surface area (Å²) in [6.07, 6.45) is 2.08. The topological polar surface area (TPSA) is 46.6 Å². The van der Waals surface area contributed by atoms with Crippen molar-refractivity contribution in [1.82, 2.24) is 4.90 Å². The number of nitrogens with zero attached hydrogens (tertiary/aromatic N) is 1. The third-order valence-electron chi connectivity index (χ3n) is 3.76. The molecule has 0 aliphatic carbocycles. The predicted octanol–water partition coefficient (Wildman–Crippen LogP) is 4.28. The number of hydrogen-bond acceptors (Lipinski definition) is 4. The van der Waals surface area contributed by atoms with E-state index in [4.69, 9.17) is 4.74 Å². The maximum atomic E-state index is 12.2. The van der Waals surface area contributed by atoms with Crippen LogP contribution >= 0.6 is 11.3 Å². The number of carbonyl (C=O) groups excluding carboxylic acids is 2. The highest BCUT2D eigenvalue weighted by atomic mass is 32.1. The second-order valence-corrected chi connectivity index (χ2v) is 8.24. The molecule has 1 aromatic heterocycles. The lowest BCUT2D eigenvalue weighted by atomic mass is 9.91. The lowest BCUT2D eigenvalue weighted by Crippen LogP contribution is -2.42. The van der Waals surface area contributed by atoms with Crippen molar-refractivity contribution in [3.05, 3.63) is 21.9 Å². The van der Waals surface area contributed by atoms with Gasteiger partial charge < -0.3 is 9.64 Å². The van der Waals surface area contributed by atoms with Gasteiger partial charge in [0.25, 0.3) is 0 Å². The van der Waals surface area contributed by atoms with Crippen LogP contribution in [-0.2, 0) is 4.74 Å². The maximum absolute atomic E-state index is 12.2. The number of aryl methyl sites for hydroxylation is 1. The van der Waals surface area contributed by atoms with E-state index >= 15 is 0 Å². The summed E-state index contributed by atoms with van der Waals surface area (Å²) in [6, 6.07) is 3.90. The van der Waals surface area contributed by atoms with E-state index in [0.717, 1.165) is 17.7 Å². The van der Waals surface area contributed by atoms with E-state index in [1.54, 1.807) is 16.2 Å². The monoisotopic (exact) mass is 323 g/mol. The van der Waals surface area contributed by atoms with Crippen molar-refractivity contribution < 1.29 is 14.3 Å². The molecule has 1 fully saturated rings. The van der Waals surface area contributed by atoms with Crippen LogP contribution < -0.4 is 0 Å². The largest absolute Gasteiger partial charge is 0.444 e. The summed E-state index contributed by atoms with van der Waals surface area (Å²) in [5.74, 6) is 0.599. The molecule has 2 rings (SSSR count). The average Bonchev–Trinajstić information content (AvgIpc) is 2.84. The van der Waals surface area contributed by atoms with Gasteiger partial charge in [0.2, 0.25) is 0 Å². The van der Waals surface area contributed by atoms with Crippen LogP contribution in [-0.4, -0.2) is 35.5 Å². The Hall–Kier alpha value is -1.36. The summed E-state index contributed by atoms with van der Waals surface area (Å²) in [7, 11) is 0. The van der Waals surface area contributed by atoms with Crippen LogP contribution in [0.25, 0.3) is 0 Å². The first-order chi connectivity index (χ1) is 10.2. The highest BCUT2D eigenvalue weighted by Crippen LogP contribution is 2.25. The summed E-state index contributed by atoms with van der Waals surface area (Å²) < 4.78 is 5.39. The minimum Gasteiger partial charge on any atom is -0.444 e. The van der Waals surface area contributed by atoms with E-state index in [9.17, 15) is 9.59 Å². The summed E-state index contributed by atoms with van der Waals surface area (Å²) in [5.41, 5.74) is -0.457. The second-order valence-electron chi connectivity index (χ2n) is 6.95. The number of piperidine rings is 1. The molecule has 122 valence electrons. The van der Waals surface area contributed by atoms with Gasteiger partial charge in [-0.3, -0.25) is 4.79 Å². The highest BCUT2D eigenvalue weighted by molar-refractivity contribution is 7.14. The SMILES string of the molecule is Cc1ccc(C(=O)CC2CCN(C(=O)OC(C)(C)C)CC2)s1. The number of ether oxygens (including phenoxy) is 1. The molecule has 0 atom stereocenters. The fourth-order valence-electron chi connectivity index (χ4n) is 2.59. The van der Waals surface area contributed by atoms with Crippen LogP contribution in [0.15, 0.2) is 12.1 Å². The van der Waals surface area contributed by atoms with Crippen molar-refractivity contribution in [3.63, 3.8) is 0 Å². The Bertz CT molecular complexity index is 536. The summed E-state index contributed by atoms with van der Waals surface area (Å²) in [5, 5.41) is 0. The minimum atomic E-state index is -0.457. The van der Waals surface area contributed by atoms with Crippen LogP contribution in [0.5, 0.6) is 0 Å². The van der Waals surface area contributed by atoms with Crippen molar-refractivity contribution in [3.8, 4) is 0 Å². The number of likely N-dealkylation sites (tertiary alicyclic amines) is 1. The van der Waals surface area contributed by atoms with E-state index in [0.29, 0.717) is 25.4 Å². The molecule has 0 radical (unpaired) electrons. The Morgan fingerprint density at radius 2 is 1.91 bits per heavy atom. The number of thiophene rings is 1. The number of carbonyl (C=O) groups is 2. The molecular weight excluding hydrogens is 298 g/mol. The summed E-state index contributed by atoms with van der Waals surface area (Å²) in [6.45, 7) is 8.99. The second kappa shape index (κ2) is 6.82. The first-order valence-electron chi connectivity index (χ1n) is 7.82. The standard InChI is InChI=1S/C17H25NO3S/c1-12-5-6-15(22-12)14(19)11-13-7-9-18(10-8-13)16(20)21-17(2,3)4/h5-6,13H,7-11H2,1-4H3. The molecule has 0 spiro atoms. The number of rotatable bonds is 3. The van der Waals surface area contributed by atoms with Gasteiger partial charge >= 0.3 is 6.09 Å². The summed E-state index contributed by atoms with van der Waals surface area (Å²) in [4.78, 5) is 28.0. The molecule has 0 saturated carbocycles. The fourth-order valence-corrected chi connectivity index (χ4v) is 3.41. The van der Waals surface area contributed by atoms with Gasteiger partial charge in [0, 0.05) is 24.4 Å². The minimum absolute atomic E-state index is 0.230. The van der Waals surface area contributed by atoms with E-state index < -0.39 is 5.60 Å². The molecule has 0 aromatic carbocycles. The molecule has 4 nitrogen and oxygen atoms in total. The van der Waals surface area contributed by atoms with Gasteiger partial charge in [0.1, 0.15) is 5.60 Å². The first kappa shape index (κ1) is 17.0. The zero-order valence-electron chi connectivity index (χ0n) is 13.8. The molecule has 1 amide bonds. The summed E-state index contributed by atoms with van der Waals surface area (Å²) >= 11 is 1.56. The van der Waals surface area contributed by atoms with E-state index in [1.807, 2.05) is 39.8 Å². The van der Waals surface area contributed by atoms with Crippen LogP contribution in [0.2, 0.25) is 0 Å². The maximum Gasteiger partial charge on any atom is 0.410 e.